The van der Waals surface area contributed by atoms with Gasteiger partial charge in [0, 0.05) is 31.6 Å². The summed E-state index contributed by atoms with van der Waals surface area (Å²) in [6, 6.07) is 30.5. The van der Waals surface area contributed by atoms with Crippen LogP contribution in [0.15, 0.2) is 109 Å². The molecule has 1 amide bonds. The van der Waals surface area contributed by atoms with Gasteiger partial charge in [0.2, 0.25) is 5.91 Å². The number of carbonyl (C=O) groups is 4. The first kappa shape index (κ1) is 29.5. The predicted octanol–water partition coefficient (Wildman–Crippen LogP) is 5.64. The lowest BCUT2D eigenvalue weighted by Crippen LogP contribution is -2.36. The molecule has 0 spiro atoms. The first-order valence-corrected chi connectivity index (χ1v) is 14.5. The highest BCUT2D eigenvalue weighted by molar-refractivity contribution is 5.99. The molecule has 0 saturated carbocycles. The minimum Gasteiger partial charge on any atom is -0.460 e. The number of amides is 1. The molecule has 1 aliphatic heterocycles. The number of benzene rings is 3. The maximum atomic E-state index is 13.8. The van der Waals surface area contributed by atoms with E-state index in [4.69, 9.17) is 9.47 Å². The number of esters is 2. The van der Waals surface area contributed by atoms with Gasteiger partial charge in [-0.25, -0.2) is 0 Å². The Morgan fingerprint density at radius 2 is 1.16 bits per heavy atom. The maximum absolute atomic E-state index is 13.8. The standard InChI is InChI=1S/C35H34N2O6/c38-31(37-22-12-19-30(37)33(39)36-20-10-11-21-36)23-29(28-17-8-3-9-18-28)32(34(40)42-24-26-13-4-1-5-14-26)35(41)43-25-27-15-6-2-7-16-27/h1-9,12-19,22,29,32H,10-11,20-21,23-25H2/t29-/m0/s1. The van der Waals surface area contributed by atoms with Crippen LogP contribution in [-0.2, 0) is 32.3 Å². The predicted molar refractivity (Wildman–Crippen MR) is 160 cm³/mol. The molecule has 1 saturated heterocycles. The van der Waals surface area contributed by atoms with Crippen LogP contribution in [0.1, 0.15) is 57.2 Å². The van der Waals surface area contributed by atoms with Crippen LogP contribution >= 0.6 is 0 Å². The fraction of sp³-hybridized carbons (Fsp3) is 0.257. The number of rotatable bonds is 11. The first-order chi connectivity index (χ1) is 21.0. The van der Waals surface area contributed by atoms with Gasteiger partial charge in [0.1, 0.15) is 18.9 Å². The molecule has 1 fully saturated rings. The molecule has 4 aromatic rings. The average Bonchev–Trinajstić information content (AvgIpc) is 3.77. The summed E-state index contributed by atoms with van der Waals surface area (Å²) in [5.74, 6) is -4.54. The fourth-order valence-corrected chi connectivity index (χ4v) is 5.33. The molecule has 0 radical (unpaired) electrons. The summed E-state index contributed by atoms with van der Waals surface area (Å²) in [5, 5.41) is 0. The highest BCUT2D eigenvalue weighted by atomic mass is 16.6. The van der Waals surface area contributed by atoms with Gasteiger partial charge in [-0.2, -0.15) is 0 Å². The molecule has 2 heterocycles. The molecule has 1 aliphatic rings. The first-order valence-electron chi connectivity index (χ1n) is 14.5. The van der Waals surface area contributed by atoms with Gasteiger partial charge in [-0.05, 0) is 41.7 Å². The topological polar surface area (TPSA) is 94.9 Å². The van der Waals surface area contributed by atoms with E-state index in [1.165, 1.54) is 4.57 Å². The van der Waals surface area contributed by atoms with Crippen LogP contribution in [0.5, 0.6) is 0 Å². The zero-order valence-electron chi connectivity index (χ0n) is 23.8. The van der Waals surface area contributed by atoms with E-state index in [0.717, 1.165) is 24.0 Å². The maximum Gasteiger partial charge on any atom is 0.321 e. The zero-order chi connectivity index (χ0) is 30.0. The van der Waals surface area contributed by atoms with Gasteiger partial charge in [0.25, 0.3) is 5.91 Å². The molecular formula is C35H34N2O6. The Labute approximate surface area is 250 Å². The van der Waals surface area contributed by atoms with Crippen LogP contribution in [0, 0.1) is 5.92 Å². The van der Waals surface area contributed by atoms with Crippen LogP contribution in [0.25, 0.3) is 0 Å². The van der Waals surface area contributed by atoms with Crippen molar-refractivity contribution in [3.8, 4) is 0 Å². The molecule has 43 heavy (non-hydrogen) atoms. The second-order valence-corrected chi connectivity index (χ2v) is 10.5. The minimum atomic E-state index is -1.42. The Bertz CT molecular complexity index is 1470. The average molecular weight is 579 g/mol. The molecule has 8 nitrogen and oxygen atoms in total. The molecule has 0 N–H and O–H groups in total. The molecule has 0 unspecified atom stereocenters. The van der Waals surface area contributed by atoms with Crippen LogP contribution in [0.3, 0.4) is 0 Å². The monoisotopic (exact) mass is 578 g/mol. The van der Waals surface area contributed by atoms with Gasteiger partial charge in [-0.3, -0.25) is 23.7 Å². The molecule has 5 rings (SSSR count). The molecule has 8 heteroatoms. The molecule has 0 aliphatic carbocycles. The second-order valence-electron chi connectivity index (χ2n) is 10.5. The molecule has 1 atom stereocenters. The van der Waals surface area contributed by atoms with Gasteiger partial charge >= 0.3 is 11.9 Å². The van der Waals surface area contributed by atoms with Gasteiger partial charge in [0.05, 0.1) is 0 Å². The molecular weight excluding hydrogens is 544 g/mol. The van der Waals surface area contributed by atoms with Crippen LogP contribution in [0.2, 0.25) is 0 Å². The Morgan fingerprint density at radius 1 is 0.651 bits per heavy atom. The van der Waals surface area contributed by atoms with Crippen LogP contribution < -0.4 is 0 Å². The molecule has 220 valence electrons. The van der Waals surface area contributed by atoms with Crippen molar-refractivity contribution >= 4 is 23.8 Å². The third-order valence-electron chi connectivity index (χ3n) is 7.61. The summed E-state index contributed by atoms with van der Waals surface area (Å²) in [6.45, 7) is 1.22. The third kappa shape index (κ3) is 7.46. The van der Waals surface area contributed by atoms with Crippen molar-refractivity contribution in [1.29, 1.82) is 0 Å². The van der Waals surface area contributed by atoms with E-state index in [9.17, 15) is 19.2 Å². The lowest BCUT2D eigenvalue weighted by atomic mass is 9.83. The SMILES string of the molecule is O=C(OCc1ccccc1)C(C(=O)OCc1ccccc1)[C@@H](CC(=O)n1cccc1C(=O)N1CCCC1)c1ccccc1. The van der Waals surface area contributed by atoms with Gasteiger partial charge in [0.15, 0.2) is 5.92 Å². The van der Waals surface area contributed by atoms with Crippen molar-refractivity contribution in [2.24, 2.45) is 5.92 Å². The van der Waals surface area contributed by atoms with Crippen molar-refractivity contribution in [1.82, 2.24) is 9.47 Å². The number of hydrogen-bond acceptors (Lipinski definition) is 6. The summed E-state index contributed by atoms with van der Waals surface area (Å²) >= 11 is 0. The number of aromatic nitrogens is 1. The Balaban J connectivity index is 1.44. The Kier molecular flexibility index (Phi) is 9.79. The molecule has 1 aromatic heterocycles. The van der Waals surface area contributed by atoms with E-state index in [2.05, 4.69) is 0 Å². The molecule has 0 bridgehead atoms. The van der Waals surface area contributed by atoms with Gasteiger partial charge in [-0.1, -0.05) is 91.0 Å². The van der Waals surface area contributed by atoms with Crippen LogP contribution in [0.4, 0.5) is 0 Å². The summed E-state index contributed by atoms with van der Waals surface area (Å²) in [7, 11) is 0. The summed E-state index contributed by atoms with van der Waals surface area (Å²) < 4.78 is 12.6. The molecule has 3 aromatic carbocycles. The number of carbonyl (C=O) groups excluding carboxylic acids is 4. The summed E-state index contributed by atoms with van der Waals surface area (Å²) in [5.41, 5.74) is 2.39. The van der Waals surface area contributed by atoms with E-state index < -0.39 is 29.7 Å². The zero-order valence-corrected chi connectivity index (χ0v) is 23.8. The Hall–Kier alpha value is -4.98. The largest absolute Gasteiger partial charge is 0.460 e. The number of nitrogens with zero attached hydrogens (tertiary/aromatic N) is 2. The van der Waals surface area contributed by atoms with E-state index in [-0.39, 0.29) is 31.2 Å². The van der Waals surface area contributed by atoms with Crippen molar-refractivity contribution in [2.45, 2.75) is 38.4 Å². The van der Waals surface area contributed by atoms with Crippen LogP contribution in [-0.4, -0.2) is 46.3 Å². The van der Waals surface area contributed by atoms with Gasteiger partial charge in [-0.15, -0.1) is 0 Å². The van der Waals surface area contributed by atoms with Gasteiger partial charge < -0.3 is 14.4 Å². The summed E-state index contributed by atoms with van der Waals surface area (Å²) in [6.07, 6.45) is 3.16. The smallest absolute Gasteiger partial charge is 0.321 e. The van der Waals surface area contributed by atoms with E-state index in [0.29, 0.717) is 18.7 Å². The fourth-order valence-electron chi connectivity index (χ4n) is 5.33. The highest BCUT2D eigenvalue weighted by Gasteiger charge is 2.40. The van der Waals surface area contributed by atoms with Crippen molar-refractivity contribution in [3.63, 3.8) is 0 Å². The van der Waals surface area contributed by atoms with E-state index in [1.54, 1.807) is 47.5 Å². The summed E-state index contributed by atoms with van der Waals surface area (Å²) in [4.78, 5) is 56.1. The third-order valence-corrected chi connectivity index (χ3v) is 7.61. The van der Waals surface area contributed by atoms with E-state index >= 15 is 0 Å². The minimum absolute atomic E-state index is 0.0380. The highest BCUT2D eigenvalue weighted by Crippen LogP contribution is 2.32. The number of likely N-dealkylation sites (tertiary alicyclic amines) is 1. The normalized spacial score (nSPS) is 13.5. The Morgan fingerprint density at radius 3 is 1.70 bits per heavy atom. The van der Waals surface area contributed by atoms with E-state index in [1.807, 2.05) is 66.7 Å². The van der Waals surface area contributed by atoms with Crippen molar-refractivity contribution in [3.05, 3.63) is 132 Å². The lowest BCUT2D eigenvalue weighted by Gasteiger charge is -2.25. The lowest BCUT2D eigenvalue weighted by molar-refractivity contribution is -0.165. The van der Waals surface area contributed by atoms with Crippen molar-refractivity contribution < 1.29 is 28.7 Å². The number of ether oxygens (including phenoxy) is 2. The quantitative estimate of drug-likeness (QED) is 0.169. The number of hydrogen-bond donors (Lipinski definition) is 0. The second kappa shape index (κ2) is 14.3. The van der Waals surface area contributed by atoms with Crippen molar-refractivity contribution in [2.75, 3.05) is 13.1 Å².